The Labute approximate surface area is 495 Å². The lowest BCUT2D eigenvalue weighted by atomic mass is 10.2. The van der Waals surface area contributed by atoms with Crippen molar-refractivity contribution in [3.8, 4) is 0 Å². The first-order valence-corrected chi connectivity index (χ1v) is 33.2. The molecule has 4 saturated heterocycles. The fourth-order valence-electron chi connectivity index (χ4n) is 10.3. The molecule has 0 radical (unpaired) electrons. The summed E-state index contributed by atoms with van der Waals surface area (Å²) in [6, 6.07) is 0. The average molecular weight is 1350 g/mol. The van der Waals surface area contributed by atoms with Crippen molar-refractivity contribution in [1.82, 2.24) is 78.1 Å². The van der Waals surface area contributed by atoms with E-state index in [1.807, 2.05) is 0 Å². The summed E-state index contributed by atoms with van der Waals surface area (Å²) in [5.41, 5.74) is 24.8. The van der Waals surface area contributed by atoms with Gasteiger partial charge in [0.1, 0.15) is 96.7 Å². The molecule has 17 atom stereocenters. The average Bonchev–Trinajstić information content (AvgIpc) is 1.74. The second-order valence-corrected chi connectivity index (χ2v) is 26.3. The van der Waals surface area contributed by atoms with Gasteiger partial charge in [0.25, 0.3) is 39.1 Å². The maximum atomic E-state index is 14.1. The molecule has 4 aliphatic rings. The van der Waals surface area contributed by atoms with Gasteiger partial charge in [-0.25, -0.2) is 59.8 Å². The van der Waals surface area contributed by atoms with Crippen molar-refractivity contribution >= 4 is 107 Å². The number of fused-ring (bicyclic) bond motifs is 4. The molecule has 44 nitrogen and oxygen atoms in total. The number of nitrogens with zero attached hydrogens (tertiary/aromatic N) is 16. The topological polar surface area (TPSA) is 630 Å². The maximum Gasteiger partial charge on any atom is 0.268 e. The number of nitrogens with two attached hydrogens (primary N) is 4. The zero-order valence-corrected chi connectivity index (χ0v) is 49.3. The first-order valence-electron chi connectivity index (χ1n) is 25.8. The van der Waals surface area contributed by atoms with Crippen molar-refractivity contribution in [2.45, 2.75) is 99.4 Å². The monoisotopic (exact) mass is 1350 g/mol. The standard InChI is InChI=1S/C40H51N20O24P5/c41-33-29-37(49-9-45-33)57(13-53-29)25-1-17(81-86(64,65)66)22(78-25)6-74-87(67,68)83-19-3-27(59-15-55-31-35(43)47-11-51-39(31)59)80-24(19)8-76-89(71,72)84-20-4-28(60-16-56-32-36(44)48-12-52-40(32)60)79-23(20)7-75-88(69,70)82-18-2-26(77-21(18)5-73-85(61,62)63)58-14-54-30-34(42)46-10-50-38(30)58/h9-28H,1-8H2,(H,67,68)(H,69,70)(H,71,72)(H2,41,45,49)(H2,42,46,50)(H2,43,47,51)(H2,44,48,52)(H2,61,62,63)(H2,64,65,66)/p-5/t17-,18-,19-,20-,21+,22+,23+,24+,25+,26+,27+,28+/m0/s1. The lowest BCUT2D eigenvalue weighted by molar-refractivity contribution is -0.238. The second kappa shape index (κ2) is 24.4. The van der Waals surface area contributed by atoms with Crippen LogP contribution in [0.1, 0.15) is 50.6 Å². The number of nitrogen functional groups attached to an aromatic ring is 4. The summed E-state index contributed by atoms with van der Waals surface area (Å²) in [6.07, 6.45) is -9.92. The molecule has 4 aliphatic heterocycles. The number of phosphoric acid groups is 5. The molecule has 0 bridgehead atoms. The van der Waals surface area contributed by atoms with E-state index >= 15 is 0 Å². The minimum absolute atomic E-state index is 0.00299. The molecule has 12 rings (SSSR count). The van der Waals surface area contributed by atoms with Gasteiger partial charge >= 0.3 is 0 Å². The molecule has 0 amide bonds. The van der Waals surface area contributed by atoms with Crippen LogP contribution in [0.2, 0.25) is 0 Å². The van der Waals surface area contributed by atoms with Crippen LogP contribution in [0.5, 0.6) is 0 Å². The molecule has 0 spiro atoms. The van der Waals surface area contributed by atoms with Crippen LogP contribution in [0.3, 0.4) is 0 Å². The van der Waals surface area contributed by atoms with Crippen LogP contribution in [0.15, 0.2) is 50.6 Å². The number of ether oxygens (including phenoxy) is 4. The molecule has 480 valence electrons. The number of anilines is 4. The molecular formula is C40H46N20O24P5-5. The summed E-state index contributed by atoms with van der Waals surface area (Å²) in [5.74, 6) is -0.105. The van der Waals surface area contributed by atoms with Gasteiger partial charge in [0.15, 0.2) is 45.9 Å². The molecule has 49 heteroatoms. The van der Waals surface area contributed by atoms with Crippen LogP contribution in [0, 0.1) is 0 Å². The van der Waals surface area contributed by atoms with Gasteiger partial charge in [-0.15, -0.1) is 0 Å². The van der Waals surface area contributed by atoms with E-state index in [4.69, 9.17) is 73.5 Å². The van der Waals surface area contributed by atoms with E-state index in [0.29, 0.717) is 0 Å². The number of aromatic nitrogens is 16. The highest BCUT2D eigenvalue weighted by Gasteiger charge is 2.47. The Morgan fingerprint density at radius 1 is 0.393 bits per heavy atom. The minimum Gasteiger partial charge on any atom is -0.756 e. The van der Waals surface area contributed by atoms with Crippen molar-refractivity contribution in [3.63, 3.8) is 0 Å². The van der Waals surface area contributed by atoms with Crippen LogP contribution in [0.25, 0.3) is 44.7 Å². The Morgan fingerprint density at radius 2 is 0.640 bits per heavy atom. The highest BCUT2D eigenvalue weighted by molar-refractivity contribution is 7.46. The number of imidazole rings is 4. The van der Waals surface area contributed by atoms with Gasteiger partial charge in [-0.2, -0.15) is 0 Å². The zero-order valence-electron chi connectivity index (χ0n) is 44.8. The summed E-state index contributed by atoms with van der Waals surface area (Å²) in [5, 5.41) is 0. The van der Waals surface area contributed by atoms with Crippen LogP contribution in [-0.4, -0.2) is 163 Å². The van der Waals surface area contributed by atoms with E-state index < -0.39 is 152 Å². The van der Waals surface area contributed by atoms with Gasteiger partial charge in [-0.3, -0.25) is 41.1 Å². The maximum absolute atomic E-state index is 14.1. The Kier molecular flexibility index (Phi) is 17.3. The van der Waals surface area contributed by atoms with Crippen molar-refractivity contribution in [3.05, 3.63) is 50.6 Å². The second-order valence-electron chi connectivity index (χ2n) is 19.8. The summed E-state index contributed by atoms with van der Waals surface area (Å²) >= 11 is 0. The Hall–Kier alpha value is -6.21. The van der Waals surface area contributed by atoms with Crippen molar-refractivity contribution in [2.24, 2.45) is 0 Å². The van der Waals surface area contributed by atoms with Gasteiger partial charge in [0.2, 0.25) is 0 Å². The Morgan fingerprint density at radius 3 is 0.888 bits per heavy atom. The summed E-state index contributed by atoms with van der Waals surface area (Å²) in [4.78, 5) is 133. The quantitative estimate of drug-likeness (QED) is 0.0324. The van der Waals surface area contributed by atoms with Crippen molar-refractivity contribution in [2.75, 3.05) is 49.4 Å². The van der Waals surface area contributed by atoms with E-state index in [9.17, 15) is 57.1 Å². The highest BCUT2D eigenvalue weighted by Crippen LogP contribution is 2.52. The fraction of sp³-hybridized carbons (Fsp3) is 0.500. The molecule has 89 heavy (non-hydrogen) atoms. The first-order chi connectivity index (χ1) is 42.1. The number of rotatable bonds is 24. The molecule has 5 unspecified atom stereocenters. The van der Waals surface area contributed by atoms with Crippen LogP contribution in [-0.2, 0) is 78.0 Å². The predicted molar refractivity (Wildman–Crippen MR) is 279 cm³/mol. The Balaban J connectivity index is 0.755. The SMILES string of the molecule is Nc1ncnc2c1ncn2[C@H]1C[C@H](OP(=O)([O-])O)[C@@H](COP(=O)([O-])O[C@H]2C[C@H](n3cnc4c(N)ncnc43)O[C@@H]2COP(=O)([O-])O[C@H]2C[C@H](n3cnc4c(N)ncnc43)O[C@@H]2COP(=O)([O-])O[C@H]2C[C@H](n3cnc4c(N)ncnc43)O[C@@H]2COP(=O)([O-])O)O1. The van der Waals surface area contributed by atoms with Crippen LogP contribution < -0.4 is 47.4 Å². The highest BCUT2D eigenvalue weighted by atomic mass is 31.2. The Bertz CT molecular complexity index is 4190. The van der Waals surface area contributed by atoms with E-state index in [-0.39, 0.29) is 80.8 Å². The molecule has 0 aromatic carbocycles. The molecule has 8 aromatic heterocycles. The summed E-state index contributed by atoms with van der Waals surface area (Å²) in [6.45, 7) is -4.06. The molecule has 10 N–H and O–H groups in total. The lowest BCUT2D eigenvalue weighted by Crippen LogP contribution is -2.34. The molecule has 12 heterocycles. The van der Waals surface area contributed by atoms with Gasteiger partial charge in [-0.1, -0.05) is 0 Å². The summed E-state index contributed by atoms with van der Waals surface area (Å²) in [7, 11) is -27.8. The molecule has 8 aromatic rings. The fourth-order valence-corrected chi connectivity index (χ4v) is 14.0. The predicted octanol–water partition coefficient (Wildman–Crippen LogP) is -3.24. The number of hydrogen-bond donors (Lipinski definition) is 6. The third-order valence-corrected chi connectivity index (χ3v) is 18.2. The lowest BCUT2D eigenvalue weighted by Gasteiger charge is -2.32. The van der Waals surface area contributed by atoms with Crippen molar-refractivity contribution in [1.29, 1.82) is 0 Å². The molecule has 0 aliphatic carbocycles. The third kappa shape index (κ3) is 13.9. The van der Waals surface area contributed by atoms with Crippen LogP contribution in [0.4, 0.5) is 23.3 Å². The smallest absolute Gasteiger partial charge is 0.268 e. The van der Waals surface area contributed by atoms with Crippen molar-refractivity contribution < 1.29 is 112 Å². The van der Waals surface area contributed by atoms with Gasteiger partial charge in [-0.05, 0) is 0 Å². The first kappa shape index (κ1) is 63.0. The van der Waals surface area contributed by atoms with E-state index in [1.54, 1.807) is 0 Å². The summed E-state index contributed by atoms with van der Waals surface area (Å²) < 4.78 is 136. The van der Waals surface area contributed by atoms with Crippen LogP contribution >= 0.6 is 39.1 Å². The zero-order chi connectivity index (χ0) is 63.0. The van der Waals surface area contributed by atoms with E-state index in [2.05, 4.69) is 64.3 Å². The van der Waals surface area contributed by atoms with Gasteiger partial charge < -0.3 is 112 Å². The normalized spacial score (nSPS) is 29.2. The minimum atomic E-state index is -5.71. The number of hydrogen-bond acceptors (Lipinski definition) is 38. The molecule has 0 saturated carbocycles. The van der Waals surface area contributed by atoms with E-state index in [0.717, 1.165) is 25.3 Å². The van der Waals surface area contributed by atoms with Gasteiger partial charge in [0.05, 0.1) is 76.2 Å². The number of phosphoric ester groups is 5. The third-order valence-electron chi connectivity index (χ3n) is 14.2. The van der Waals surface area contributed by atoms with Gasteiger partial charge in [0, 0.05) is 25.7 Å². The molecule has 4 fully saturated rings. The largest absolute Gasteiger partial charge is 0.756 e. The molecular weight excluding hydrogens is 1300 g/mol. The van der Waals surface area contributed by atoms with E-state index in [1.165, 1.54) is 43.6 Å².